The Morgan fingerprint density at radius 3 is 3.07 bits per heavy atom. The molecule has 1 amide bonds. The van der Waals surface area contributed by atoms with Crippen LogP contribution in [0.15, 0.2) is 22.7 Å². The predicted molar refractivity (Wildman–Crippen MR) is 111 cm³/mol. The first-order valence-corrected chi connectivity index (χ1v) is 11.5. The van der Waals surface area contributed by atoms with E-state index in [1.165, 1.54) is 28.0 Å². The molecule has 3 heterocycles. The van der Waals surface area contributed by atoms with Crippen LogP contribution in [0.25, 0.3) is 10.7 Å². The molecule has 0 aliphatic heterocycles. The minimum atomic E-state index is -0.362. The van der Waals surface area contributed by atoms with Crippen LogP contribution in [-0.4, -0.2) is 39.4 Å². The van der Waals surface area contributed by atoms with Crippen LogP contribution in [0.5, 0.6) is 0 Å². The number of thiophene rings is 2. The highest BCUT2D eigenvalue weighted by molar-refractivity contribution is 7.99. The number of aryl methyl sites for hydroxylation is 1. The zero-order valence-electron chi connectivity index (χ0n) is 15.1. The quantitative estimate of drug-likeness (QED) is 0.431. The van der Waals surface area contributed by atoms with E-state index in [-0.39, 0.29) is 17.6 Å². The molecule has 0 aromatic carbocycles. The highest BCUT2D eigenvalue weighted by atomic mass is 32.2. The smallest absolute Gasteiger partial charge is 0.341 e. The summed E-state index contributed by atoms with van der Waals surface area (Å²) in [7, 11) is 0. The third-order valence-corrected chi connectivity index (χ3v) is 7.14. The molecular weight excluding hydrogens is 416 g/mol. The standard InChI is InChI=1S/C18H18N4O3S3/c1-2-25-17(24)14-10-5-3-6-11(10)28-16(14)19-13(23)9-27-18-20-15(21-22-18)12-7-4-8-26-12/h4,7-8H,2-3,5-6,9H2,1H3,(H,19,23)(H,20,21,22). The van der Waals surface area contributed by atoms with Crippen molar-refractivity contribution in [2.24, 2.45) is 0 Å². The normalized spacial score (nSPS) is 12.8. The molecule has 2 N–H and O–H groups in total. The average molecular weight is 435 g/mol. The number of hydrogen-bond donors (Lipinski definition) is 2. The first-order valence-electron chi connectivity index (χ1n) is 8.86. The highest BCUT2D eigenvalue weighted by Crippen LogP contribution is 2.39. The first-order chi connectivity index (χ1) is 13.7. The summed E-state index contributed by atoms with van der Waals surface area (Å²) in [6, 6.07) is 3.90. The van der Waals surface area contributed by atoms with Gasteiger partial charge in [-0.3, -0.25) is 9.89 Å². The molecule has 0 atom stereocenters. The number of ether oxygens (including phenoxy) is 1. The van der Waals surface area contributed by atoms with Crippen LogP contribution < -0.4 is 5.32 Å². The summed E-state index contributed by atoms with van der Waals surface area (Å²) in [4.78, 5) is 31.4. The summed E-state index contributed by atoms with van der Waals surface area (Å²) in [5.41, 5.74) is 1.55. The molecule has 4 rings (SSSR count). The molecule has 1 aliphatic rings. The minimum Gasteiger partial charge on any atom is -0.462 e. The number of aromatic amines is 1. The van der Waals surface area contributed by atoms with Crippen LogP contribution in [0.4, 0.5) is 5.00 Å². The summed E-state index contributed by atoms with van der Waals surface area (Å²) in [5, 5.41) is 13.0. The van der Waals surface area contributed by atoms with E-state index in [4.69, 9.17) is 4.74 Å². The Bertz CT molecular complexity index is 994. The number of esters is 1. The van der Waals surface area contributed by atoms with Crippen molar-refractivity contribution >= 4 is 51.3 Å². The largest absolute Gasteiger partial charge is 0.462 e. The van der Waals surface area contributed by atoms with Gasteiger partial charge in [0.1, 0.15) is 5.00 Å². The topological polar surface area (TPSA) is 97.0 Å². The monoisotopic (exact) mass is 434 g/mol. The Morgan fingerprint density at radius 1 is 1.39 bits per heavy atom. The van der Waals surface area contributed by atoms with Gasteiger partial charge in [-0.15, -0.1) is 27.8 Å². The van der Waals surface area contributed by atoms with Gasteiger partial charge in [0.25, 0.3) is 0 Å². The summed E-state index contributed by atoms with van der Waals surface area (Å²) in [5.74, 6) is 0.293. The van der Waals surface area contributed by atoms with Crippen LogP contribution in [-0.2, 0) is 22.4 Å². The third-order valence-electron chi connectivity index (χ3n) is 4.21. The van der Waals surface area contributed by atoms with E-state index >= 15 is 0 Å². The SMILES string of the molecule is CCOC(=O)c1c(NC(=O)CSc2n[nH]c(-c3cccs3)n2)sc2c1CCC2. The Labute approximate surface area is 173 Å². The zero-order chi connectivity index (χ0) is 19.5. The molecule has 0 radical (unpaired) electrons. The van der Waals surface area contributed by atoms with E-state index in [0.717, 1.165) is 29.7 Å². The van der Waals surface area contributed by atoms with Crippen molar-refractivity contribution in [3.8, 4) is 10.7 Å². The lowest BCUT2D eigenvalue weighted by Crippen LogP contribution is -2.16. The van der Waals surface area contributed by atoms with Crippen molar-refractivity contribution in [1.29, 1.82) is 0 Å². The van der Waals surface area contributed by atoms with Crippen LogP contribution >= 0.6 is 34.4 Å². The number of nitrogens with zero attached hydrogens (tertiary/aromatic N) is 2. The molecule has 3 aromatic rings. The molecule has 10 heteroatoms. The Morgan fingerprint density at radius 2 is 2.29 bits per heavy atom. The number of thioether (sulfide) groups is 1. The number of H-pyrrole nitrogens is 1. The van der Waals surface area contributed by atoms with Crippen LogP contribution in [0, 0.1) is 0 Å². The second-order valence-corrected chi connectivity index (χ2v) is 9.06. The Kier molecular flexibility index (Phi) is 5.79. The van der Waals surface area contributed by atoms with Gasteiger partial charge in [-0.25, -0.2) is 9.78 Å². The number of rotatable bonds is 7. The molecule has 0 saturated heterocycles. The Balaban J connectivity index is 1.41. The van der Waals surface area contributed by atoms with Gasteiger partial charge in [-0.1, -0.05) is 17.8 Å². The Hall–Kier alpha value is -2.17. The highest BCUT2D eigenvalue weighted by Gasteiger charge is 2.28. The van der Waals surface area contributed by atoms with Crippen LogP contribution in [0.1, 0.15) is 34.1 Å². The number of amides is 1. The molecule has 1 aliphatic carbocycles. The van der Waals surface area contributed by atoms with Crippen molar-refractivity contribution in [2.75, 3.05) is 17.7 Å². The first kappa shape index (κ1) is 19.2. The lowest BCUT2D eigenvalue weighted by Gasteiger charge is -2.07. The van der Waals surface area contributed by atoms with Crippen LogP contribution in [0.2, 0.25) is 0 Å². The number of nitrogens with one attached hydrogen (secondary N) is 2. The van der Waals surface area contributed by atoms with E-state index in [1.807, 2.05) is 17.5 Å². The molecule has 146 valence electrons. The molecule has 0 spiro atoms. The van der Waals surface area contributed by atoms with E-state index in [0.29, 0.717) is 28.2 Å². The van der Waals surface area contributed by atoms with E-state index in [1.54, 1.807) is 18.3 Å². The molecular formula is C18H18N4O3S3. The number of carbonyl (C=O) groups is 2. The van der Waals surface area contributed by atoms with Gasteiger partial charge >= 0.3 is 5.97 Å². The molecule has 7 nitrogen and oxygen atoms in total. The predicted octanol–water partition coefficient (Wildman–Crippen LogP) is 3.99. The lowest BCUT2D eigenvalue weighted by atomic mass is 10.1. The summed E-state index contributed by atoms with van der Waals surface area (Å²) in [6.45, 7) is 2.09. The summed E-state index contributed by atoms with van der Waals surface area (Å²) < 4.78 is 5.19. The number of aromatic nitrogens is 3. The fourth-order valence-corrected chi connectivity index (χ4v) is 5.59. The van der Waals surface area contributed by atoms with E-state index in [2.05, 4.69) is 20.5 Å². The lowest BCUT2D eigenvalue weighted by molar-refractivity contribution is -0.113. The zero-order valence-corrected chi connectivity index (χ0v) is 17.6. The molecule has 0 fully saturated rings. The van der Waals surface area contributed by atoms with Gasteiger partial charge in [0.2, 0.25) is 11.1 Å². The van der Waals surface area contributed by atoms with Crippen LogP contribution in [0.3, 0.4) is 0 Å². The van der Waals surface area contributed by atoms with Gasteiger partial charge in [0, 0.05) is 4.88 Å². The molecule has 0 bridgehead atoms. The second kappa shape index (κ2) is 8.46. The fraction of sp³-hybridized carbons (Fsp3) is 0.333. The van der Waals surface area contributed by atoms with Gasteiger partial charge in [0.15, 0.2) is 5.82 Å². The number of anilines is 1. The van der Waals surface area contributed by atoms with Crippen molar-refractivity contribution in [2.45, 2.75) is 31.3 Å². The molecule has 3 aromatic heterocycles. The van der Waals surface area contributed by atoms with E-state index in [9.17, 15) is 9.59 Å². The maximum absolute atomic E-state index is 12.4. The van der Waals surface area contributed by atoms with Gasteiger partial charge in [-0.05, 0) is 43.2 Å². The summed E-state index contributed by atoms with van der Waals surface area (Å²) in [6.07, 6.45) is 2.84. The van der Waals surface area contributed by atoms with Crippen molar-refractivity contribution < 1.29 is 14.3 Å². The van der Waals surface area contributed by atoms with Crippen molar-refractivity contribution in [3.05, 3.63) is 33.5 Å². The fourth-order valence-electron chi connectivity index (χ4n) is 3.04. The number of fused-ring (bicyclic) bond motifs is 1. The maximum Gasteiger partial charge on any atom is 0.341 e. The molecule has 0 unspecified atom stereocenters. The number of hydrogen-bond acceptors (Lipinski definition) is 8. The van der Waals surface area contributed by atoms with Gasteiger partial charge < -0.3 is 10.1 Å². The maximum atomic E-state index is 12.4. The average Bonchev–Trinajstić information content (AvgIpc) is 3.43. The van der Waals surface area contributed by atoms with E-state index < -0.39 is 0 Å². The number of carbonyl (C=O) groups excluding carboxylic acids is 2. The van der Waals surface area contributed by atoms with Gasteiger partial charge in [0.05, 0.1) is 22.8 Å². The van der Waals surface area contributed by atoms with Crippen molar-refractivity contribution in [1.82, 2.24) is 15.2 Å². The summed E-state index contributed by atoms with van der Waals surface area (Å²) >= 11 is 4.30. The van der Waals surface area contributed by atoms with Crippen molar-refractivity contribution in [3.63, 3.8) is 0 Å². The minimum absolute atomic E-state index is 0.159. The van der Waals surface area contributed by atoms with Gasteiger partial charge in [-0.2, -0.15) is 0 Å². The molecule has 28 heavy (non-hydrogen) atoms. The third kappa shape index (κ3) is 3.98. The second-order valence-electron chi connectivity index (χ2n) is 6.06. The molecule has 0 saturated carbocycles.